The molecule has 0 saturated carbocycles. The smallest absolute Gasteiger partial charge is 0.300 e. The maximum absolute atomic E-state index is 11.2. The van der Waals surface area contributed by atoms with Crippen molar-refractivity contribution < 1.29 is 18.7 Å². The van der Waals surface area contributed by atoms with Crippen LogP contribution in [0.1, 0.15) is 16.3 Å². The third-order valence-corrected chi connectivity index (χ3v) is 3.15. The molecule has 1 aromatic heterocycles. The third kappa shape index (κ3) is 3.31. The summed E-state index contributed by atoms with van der Waals surface area (Å²) in [6.45, 7) is 0.197. The van der Waals surface area contributed by atoms with Crippen LogP contribution < -0.4 is 20.7 Å². The molecular weight excluding hydrogens is 328 g/mol. The number of nitrogens with one attached hydrogen (secondary N) is 1. The fourth-order valence-corrected chi connectivity index (χ4v) is 2.00. The molecule has 1 aromatic carbocycles. The van der Waals surface area contributed by atoms with Crippen LogP contribution in [0.4, 0.5) is 0 Å². The molecule has 1 heterocycles. The molecule has 20 heavy (non-hydrogen) atoms. The number of nitrogen functional groups attached to an aromatic ring is 1. The number of amides is 1. The van der Waals surface area contributed by atoms with E-state index in [2.05, 4.69) is 15.9 Å². The van der Waals surface area contributed by atoms with Crippen LogP contribution in [-0.4, -0.2) is 13.0 Å². The van der Waals surface area contributed by atoms with Gasteiger partial charge in [-0.3, -0.25) is 10.2 Å². The highest BCUT2D eigenvalue weighted by Crippen LogP contribution is 2.29. The summed E-state index contributed by atoms with van der Waals surface area (Å²) in [6, 6.07) is 8.55. The first-order valence-electron chi connectivity index (χ1n) is 5.70. The largest absolute Gasteiger partial charge is 0.497 e. The van der Waals surface area contributed by atoms with E-state index in [1.807, 2.05) is 5.43 Å². The first-order chi connectivity index (χ1) is 9.63. The Morgan fingerprint density at radius 3 is 2.85 bits per heavy atom. The third-order valence-electron chi connectivity index (χ3n) is 2.53. The van der Waals surface area contributed by atoms with Gasteiger partial charge in [-0.2, -0.15) is 0 Å². The predicted molar refractivity (Wildman–Crippen MR) is 75.4 cm³/mol. The highest BCUT2D eigenvalue weighted by molar-refractivity contribution is 9.10. The molecule has 0 aliphatic heterocycles. The Hall–Kier alpha value is -1.99. The second kappa shape index (κ2) is 6.44. The SMILES string of the molecule is COc1ccc(OCc2ccc(C(=O)NN)o2)c(Br)c1. The topological polar surface area (TPSA) is 86.7 Å². The highest BCUT2D eigenvalue weighted by atomic mass is 79.9. The quantitative estimate of drug-likeness (QED) is 0.495. The number of benzene rings is 1. The average Bonchev–Trinajstić information content (AvgIpc) is 2.94. The maximum atomic E-state index is 11.2. The van der Waals surface area contributed by atoms with Gasteiger partial charge in [0.05, 0.1) is 11.6 Å². The lowest BCUT2D eigenvalue weighted by molar-refractivity contribution is 0.0922. The summed E-state index contributed by atoms with van der Waals surface area (Å²) in [5, 5.41) is 0. The van der Waals surface area contributed by atoms with Crippen LogP contribution >= 0.6 is 15.9 Å². The standard InChI is InChI=1S/C13H13BrN2O4/c1-18-8-2-4-11(10(14)6-8)19-7-9-3-5-12(20-9)13(17)16-15/h2-6H,7,15H2,1H3,(H,16,17). The van der Waals surface area contributed by atoms with E-state index in [0.29, 0.717) is 11.5 Å². The summed E-state index contributed by atoms with van der Waals surface area (Å²) in [5.74, 6) is 6.56. The van der Waals surface area contributed by atoms with Crippen molar-refractivity contribution in [3.05, 3.63) is 46.3 Å². The molecule has 0 fully saturated rings. The van der Waals surface area contributed by atoms with Gasteiger partial charge in [-0.05, 0) is 46.3 Å². The van der Waals surface area contributed by atoms with E-state index >= 15 is 0 Å². The van der Waals surface area contributed by atoms with Crippen molar-refractivity contribution in [2.45, 2.75) is 6.61 Å². The number of carbonyl (C=O) groups is 1. The molecule has 6 nitrogen and oxygen atoms in total. The molecule has 0 aliphatic carbocycles. The zero-order chi connectivity index (χ0) is 14.5. The normalized spacial score (nSPS) is 10.2. The predicted octanol–water partition coefficient (Wildman–Crippen LogP) is 2.23. The number of hydrogen-bond donors (Lipinski definition) is 2. The van der Waals surface area contributed by atoms with E-state index in [4.69, 9.17) is 19.7 Å². The van der Waals surface area contributed by atoms with Crippen molar-refractivity contribution in [1.82, 2.24) is 5.43 Å². The first kappa shape index (κ1) is 14.4. The summed E-state index contributed by atoms with van der Waals surface area (Å²) in [4.78, 5) is 11.2. The van der Waals surface area contributed by atoms with Crippen LogP contribution in [0.15, 0.2) is 39.2 Å². The number of methoxy groups -OCH3 is 1. The summed E-state index contributed by atoms with van der Waals surface area (Å²) in [5.41, 5.74) is 2.00. The van der Waals surface area contributed by atoms with E-state index < -0.39 is 5.91 Å². The number of nitrogens with two attached hydrogens (primary N) is 1. The molecule has 1 amide bonds. The van der Waals surface area contributed by atoms with Crippen LogP contribution in [0.3, 0.4) is 0 Å². The van der Waals surface area contributed by atoms with Gasteiger partial charge in [-0.15, -0.1) is 0 Å². The van der Waals surface area contributed by atoms with Crippen LogP contribution in [-0.2, 0) is 6.61 Å². The van der Waals surface area contributed by atoms with Crippen LogP contribution in [0, 0.1) is 0 Å². The average molecular weight is 341 g/mol. The van der Waals surface area contributed by atoms with Gasteiger partial charge in [0, 0.05) is 0 Å². The van der Waals surface area contributed by atoms with Crippen LogP contribution in [0.25, 0.3) is 0 Å². The fraction of sp³-hybridized carbons (Fsp3) is 0.154. The molecule has 0 saturated heterocycles. The maximum Gasteiger partial charge on any atom is 0.300 e. The molecule has 0 aliphatic rings. The Balaban J connectivity index is 2.01. The van der Waals surface area contributed by atoms with E-state index in [1.165, 1.54) is 6.07 Å². The van der Waals surface area contributed by atoms with Crippen molar-refractivity contribution in [2.24, 2.45) is 5.84 Å². The van der Waals surface area contributed by atoms with Crippen molar-refractivity contribution in [3.63, 3.8) is 0 Å². The molecule has 2 aromatic rings. The summed E-state index contributed by atoms with van der Waals surface area (Å²) in [7, 11) is 1.59. The number of hydrazine groups is 1. The van der Waals surface area contributed by atoms with E-state index in [-0.39, 0.29) is 12.4 Å². The molecule has 106 valence electrons. The second-order valence-electron chi connectivity index (χ2n) is 3.82. The zero-order valence-corrected chi connectivity index (χ0v) is 12.3. The van der Waals surface area contributed by atoms with Gasteiger partial charge in [0.15, 0.2) is 5.76 Å². The van der Waals surface area contributed by atoms with E-state index in [9.17, 15) is 4.79 Å². The number of hydrogen-bond acceptors (Lipinski definition) is 5. The van der Waals surface area contributed by atoms with Gasteiger partial charge < -0.3 is 13.9 Å². The van der Waals surface area contributed by atoms with Crippen molar-refractivity contribution in [1.29, 1.82) is 0 Å². The molecule has 2 rings (SSSR count). The van der Waals surface area contributed by atoms with Crippen LogP contribution in [0.2, 0.25) is 0 Å². The number of rotatable bonds is 5. The molecular formula is C13H13BrN2O4. The Morgan fingerprint density at radius 1 is 1.40 bits per heavy atom. The summed E-state index contributed by atoms with van der Waals surface area (Å²) < 4.78 is 16.7. The molecule has 0 atom stereocenters. The van der Waals surface area contributed by atoms with E-state index in [0.717, 1.165) is 10.2 Å². The minimum Gasteiger partial charge on any atom is -0.497 e. The monoisotopic (exact) mass is 340 g/mol. The van der Waals surface area contributed by atoms with Gasteiger partial charge >= 0.3 is 5.91 Å². The molecule has 0 radical (unpaired) electrons. The first-order valence-corrected chi connectivity index (χ1v) is 6.49. The highest BCUT2D eigenvalue weighted by Gasteiger charge is 2.10. The Kier molecular flexibility index (Phi) is 4.65. The van der Waals surface area contributed by atoms with Gasteiger partial charge in [0.2, 0.25) is 0 Å². The number of ether oxygens (including phenoxy) is 2. The Morgan fingerprint density at radius 2 is 2.20 bits per heavy atom. The van der Waals surface area contributed by atoms with Gasteiger partial charge in [-0.25, -0.2) is 5.84 Å². The number of furan rings is 1. The molecule has 3 N–H and O–H groups in total. The molecule has 0 bridgehead atoms. The Labute approximate surface area is 123 Å². The molecule has 0 unspecified atom stereocenters. The zero-order valence-electron chi connectivity index (χ0n) is 10.7. The van der Waals surface area contributed by atoms with Crippen molar-refractivity contribution >= 4 is 21.8 Å². The minimum absolute atomic E-state index is 0.139. The minimum atomic E-state index is -0.484. The lowest BCUT2D eigenvalue weighted by Crippen LogP contribution is -2.29. The molecule has 7 heteroatoms. The van der Waals surface area contributed by atoms with E-state index in [1.54, 1.807) is 31.4 Å². The van der Waals surface area contributed by atoms with Crippen LogP contribution in [0.5, 0.6) is 11.5 Å². The van der Waals surface area contributed by atoms with Gasteiger partial charge in [-0.1, -0.05) is 0 Å². The van der Waals surface area contributed by atoms with Gasteiger partial charge in [0.25, 0.3) is 0 Å². The fourth-order valence-electron chi connectivity index (χ4n) is 1.52. The van der Waals surface area contributed by atoms with Crippen molar-refractivity contribution in [3.8, 4) is 11.5 Å². The molecule has 0 spiro atoms. The second-order valence-corrected chi connectivity index (χ2v) is 4.68. The van der Waals surface area contributed by atoms with Gasteiger partial charge in [0.1, 0.15) is 23.9 Å². The lowest BCUT2D eigenvalue weighted by Gasteiger charge is -2.08. The number of halogens is 1. The summed E-state index contributed by atoms with van der Waals surface area (Å²) >= 11 is 3.38. The number of carbonyl (C=O) groups excluding carboxylic acids is 1. The van der Waals surface area contributed by atoms with Crippen molar-refractivity contribution in [2.75, 3.05) is 7.11 Å². The lowest BCUT2D eigenvalue weighted by atomic mass is 10.3. The summed E-state index contributed by atoms with van der Waals surface area (Å²) in [6.07, 6.45) is 0. The Bertz CT molecular complexity index is 612.